The summed E-state index contributed by atoms with van der Waals surface area (Å²) >= 11 is 0. The van der Waals surface area contributed by atoms with Crippen molar-refractivity contribution in [1.82, 2.24) is 40.4 Å². The Morgan fingerprint density at radius 2 is 1.93 bits per heavy atom. The minimum Gasteiger partial charge on any atom is -0.508 e. The van der Waals surface area contributed by atoms with Crippen molar-refractivity contribution >= 4 is 33.7 Å². The van der Waals surface area contributed by atoms with Gasteiger partial charge in [0.25, 0.3) is 0 Å². The number of carbonyl (C=O) groups is 1. The third-order valence-electron chi connectivity index (χ3n) is 7.50. The lowest BCUT2D eigenvalue weighted by Crippen LogP contribution is -2.30. The molecule has 1 aliphatic heterocycles. The average Bonchev–Trinajstić information content (AvgIpc) is 3.61. The number of benzene rings is 1. The number of halogens is 1. The van der Waals surface area contributed by atoms with Gasteiger partial charge in [0.15, 0.2) is 11.5 Å². The van der Waals surface area contributed by atoms with Gasteiger partial charge in [-0.25, -0.2) is 14.4 Å². The van der Waals surface area contributed by atoms with E-state index in [-0.39, 0.29) is 11.7 Å². The second kappa shape index (κ2) is 10.6. The van der Waals surface area contributed by atoms with E-state index in [1.165, 1.54) is 12.1 Å². The van der Waals surface area contributed by atoms with Crippen molar-refractivity contribution in [1.29, 1.82) is 0 Å². The molecule has 1 fully saturated rings. The number of pyridine rings is 3. The third kappa shape index (κ3) is 5.03. The van der Waals surface area contributed by atoms with E-state index in [0.717, 1.165) is 42.9 Å². The summed E-state index contributed by atoms with van der Waals surface area (Å²) in [5.41, 5.74) is 5.36. The molecule has 11 nitrogen and oxygen atoms in total. The number of anilines is 1. The Morgan fingerprint density at radius 1 is 1.05 bits per heavy atom. The lowest BCUT2D eigenvalue weighted by Gasteiger charge is -2.21. The summed E-state index contributed by atoms with van der Waals surface area (Å²) in [5, 5.41) is 24.5. The molecule has 210 valence electrons. The fourth-order valence-corrected chi connectivity index (χ4v) is 5.45. The van der Waals surface area contributed by atoms with Gasteiger partial charge in [-0.3, -0.25) is 19.9 Å². The Labute approximate surface area is 238 Å². The number of aromatic hydroxyl groups is 1. The molecule has 5 aromatic heterocycles. The van der Waals surface area contributed by atoms with Crippen LogP contribution in [0.4, 0.5) is 10.1 Å². The number of fused-ring (bicyclic) bond motifs is 2. The smallest absolute Gasteiger partial charge is 0.224 e. The first kappa shape index (κ1) is 25.7. The number of phenolic OH excluding ortho intramolecular Hbond substituents is 1. The molecule has 7 rings (SSSR count). The Hall–Kier alpha value is -5.23. The van der Waals surface area contributed by atoms with Crippen molar-refractivity contribution in [3.05, 3.63) is 67.0 Å². The monoisotopic (exact) mass is 563 g/mol. The van der Waals surface area contributed by atoms with Gasteiger partial charge < -0.3 is 20.7 Å². The first-order valence-electron chi connectivity index (χ1n) is 13.7. The molecule has 1 amide bonds. The molecule has 0 spiro atoms. The van der Waals surface area contributed by atoms with Gasteiger partial charge in [-0.1, -0.05) is 0 Å². The number of imidazole rings is 1. The van der Waals surface area contributed by atoms with Crippen molar-refractivity contribution in [3.8, 4) is 39.7 Å². The van der Waals surface area contributed by atoms with Crippen LogP contribution >= 0.6 is 0 Å². The van der Waals surface area contributed by atoms with Gasteiger partial charge in [0, 0.05) is 41.4 Å². The minimum absolute atomic E-state index is 0.0206. The highest BCUT2D eigenvalue weighted by Crippen LogP contribution is 2.33. The van der Waals surface area contributed by atoms with Crippen LogP contribution in [0.15, 0.2) is 61.2 Å². The number of carbonyl (C=O) groups excluding carboxylic acids is 1. The van der Waals surface area contributed by atoms with Crippen LogP contribution in [0.3, 0.4) is 0 Å². The molecule has 42 heavy (non-hydrogen) atoms. The van der Waals surface area contributed by atoms with Crippen molar-refractivity contribution in [2.24, 2.45) is 5.92 Å². The standard InChI is InChI=1S/C30H26FN9O2/c31-19-8-17(10-21(41)11-19)22-3-6-34-29-27(22)37-30(38-29)28-23-12-24(35-15-25(23)39-40-28)18-9-20(14-33-13-18)36-26(42)7-16-1-4-32-5-2-16/h3,6,8-16,32,41H,1-2,4-5,7H2,(H,36,42)(H,39,40)(H,34,37,38). The average molecular weight is 564 g/mol. The number of amides is 1. The molecule has 1 saturated heterocycles. The molecule has 6 heterocycles. The molecule has 12 heteroatoms. The largest absolute Gasteiger partial charge is 0.508 e. The number of H-pyrrole nitrogens is 2. The summed E-state index contributed by atoms with van der Waals surface area (Å²) in [6, 6.07) is 9.32. The zero-order valence-electron chi connectivity index (χ0n) is 22.4. The van der Waals surface area contributed by atoms with E-state index in [9.17, 15) is 14.3 Å². The zero-order chi connectivity index (χ0) is 28.6. The van der Waals surface area contributed by atoms with Crippen molar-refractivity contribution in [2.45, 2.75) is 19.3 Å². The van der Waals surface area contributed by atoms with Gasteiger partial charge in [-0.05, 0) is 67.7 Å². The molecule has 0 bridgehead atoms. The molecular weight excluding hydrogens is 537 g/mol. The Morgan fingerprint density at radius 3 is 2.79 bits per heavy atom. The van der Waals surface area contributed by atoms with Gasteiger partial charge in [0.1, 0.15) is 22.8 Å². The van der Waals surface area contributed by atoms with E-state index in [2.05, 4.69) is 40.8 Å². The number of hydrogen-bond donors (Lipinski definition) is 5. The highest BCUT2D eigenvalue weighted by Gasteiger charge is 2.19. The number of nitrogens with zero attached hydrogens (tertiary/aromatic N) is 5. The van der Waals surface area contributed by atoms with Crippen LogP contribution in [0.2, 0.25) is 0 Å². The van der Waals surface area contributed by atoms with Crippen molar-refractivity contribution < 1.29 is 14.3 Å². The number of rotatable bonds is 6. The summed E-state index contributed by atoms with van der Waals surface area (Å²) < 4.78 is 14.0. The second-order valence-corrected chi connectivity index (χ2v) is 10.4. The van der Waals surface area contributed by atoms with E-state index < -0.39 is 5.82 Å². The second-order valence-electron chi connectivity index (χ2n) is 10.4. The molecule has 0 saturated carbocycles. The summed E-state index contributed by atoms with van der Waals surface area (Å²) in [6.07, 6.45) is 9.09. The van der Waals surface area contributed by atoms with E-state index >= 15 is 0 Å². The van der Waals surface area contributed by atoms with Crippen LogP contribution in [-0.2, 0) is 4.79 Å². The highest BCUT2D eigenvalue weighted by molar-refractivity contribution is 5.97. The lowest BCUT2D eigenvalue weighted by molar-refractivity contribution is -0.117. The number of phenols is 1. The molecule has 0 unspecified atom stereocenters. The number of aromatic amines is 2. The van der Waals surface area contributed by atoms with Crippen LogP contribution in [-0.4, -0.2) is 59.2 Å². The molecule has 1 aromatic carbocycles. The topological polar surface area (TPSA) is 157 Å². The fraction of sp³-hybridized carbons (Fsp3) is 0.200. The van der Waals surface area contributed by atoms with Gasteiger partial charge in [-0.2, -0.15) is 5.10 Å². The van der Waals surface area contributed by atoms with Crippen molar-refractivity contribution in [3.63, 3.8) is 0 Å². The van der Waals surface area contributed by atoms with E-state index in [0.29, 0.717) is 63.0 Å². The summed E-state index contributed by atoms with van der Waals surface area (Å²) in [5.74, 6) is 0.100. The maximum Gasteiger partial charge on any atom is 0.224 e. The van der Waals surface area contributed by atoms with Crippen molar-refractivity contribution in [2.75, 3.05) is 18.4 Å². The van der Waals surface area contributed by atoms with Crippen LogP contribution in [0.25, 0.3) is 56.0 Å². The quantitative estimate of drug-likeness (QED) is 0.193. The lowest BCUT2D eigenvalue weighted by atomic mass is 9.94. The molecule has 5 N–H and O–H groups in total. The van der Waals surface area contributed by atoms with E-state index in [1.54, 1.807) is 30.9 Å². The molecule has 6 aromatic rings. The normalized spacial score (nSPS) is 14.0. The van der Waals surface area contributed by atoms with Gasteiger partial charge in [0.05, 0.1) is 29.3 Å². The first-order valence-corrected chi connectivity index (χ1v) is 13.7. The molecule has 0 aliphatic carbocycles. The summed E-state index contributed by atoms with van der Waals surface area (Å²) in [7, 11) is 0. The van der Waals surface area contributed by atoms with E-state index in [1.807, 2.05) is 12.1 Å². The number of piperidine rings is 1. The molecule has 0 atom stereocenters. The Bertz CT molecular complexity index is 1920. The maximum absolute atomic E-state index is 14.0. The third-order valence-corrected chi connectivity index (χ3v) is 7.50. The van der Waals surface area contributed by atoms with Gasteiger partial charge in [-0.15, -0.1) is 0 Å². The minimum atomic E-state index is -0.552. The van der Waals surface area contributed by atoms with E-state index in [4.69, 9.17) is 4.98 Å². The fourth-order valence-electron chi connectivity index (χ4n) is 5.45. The SMILES string of the molecule is O=C(CC1CCNCC1)Nc1cncc(-c2cc3c(-c4nc5c(-c6cc(O)cc(F)c6)ccnc5[nH]4)n[nH]c3cn2)c1. The number of hydrogen-bond acceptors (Lipinski definition) is 8. The summed E-state index contributed by atoms with van der Waals surface area (Å²) in [4.78, 5) is 33.9. The zero-order valence-corrected chi connectivity index (χ0v) is 22.4. The molecule has 0 radical (unpaired) electrons. The van der Waals surface area contributed by atoms with Gasteiger partial charge >= 0.3 is 0 Å². The first-order chi connectivity index (χ1) is 20.5. The number of nitrogens with one attached hydrogen (secondary N) is 4. The van der Waals surface area contributed by atoms with Crippen LogP contribution in [0.1, 0.15) is 19.3 Å². The van der Waals surface area contributed by atoms with Gasteiger partial charge in [0.2, 0.25) is 5.91 Å². The predicted molar refractivity (Wildman–Crippen MR) is 156 cm³/mol. The Kier molecular flexibility index (Phi) is 6.51. The van der Waals surface area contributed by atoms with Crippen LogP contribution in [0, 0.1) is 11.7 Å². The Balaban J connectivity index is 1.20. The predicted octanol–water partition coefficient (Wildman–Crippen LogP) is 4.80. The number of aromatic nitrogens is 7. The molecular formula is C30H26FN9O2. The molecule has 1 aliphatic rings. The highest BCUT2D eigenvalue weighted by atomic mass is 19.1. The summed E-state index contributed by atoms with van der Waals surface area (Å²) in [6.45, 7) is 1.89. The van der Waals surface area contributed by atoms with Crippen LogP contribution < -0.4 is 10.6 Å². The maximum atomic E-state index is 14.0. The van der Waals surface area contributed by atoms with Crippen LogP contribution in [0.5, 0.6) is 5.75 Å².